The Hall–Kier alpha value is -1.31. The van der Waals surface area contributed by atoms with Crippen molar-refractivity contribution in [2.24, 2.45) is 5.92 Å². The normalized spacial score (nSPS) is 23.3. The first-order chi connectivity index (χ1) is 7.20. The number of benzene rings is 1. The third kappa shape index (κ3) is 2.20. The van der Waals surface area contributed by atoms with Gasteiger partial charge in [0.15, 0.2) is 0 Å². The molecule has 1 aliphatic heterocycles. The van der Waals surface area contributed by atoms with Crippen molar-refractivity contribution >= 4 is 11.6 Å². The summed E-state index contributed by atoms with van der Waals surface area (Å²) in [6.45, 7) is 8.07. The van der Waals surface area contributed by atoms with E-state index in [1.807, 2.05) is 39.0 Å². The summed E-state index contributed by atoms with van der Waals surface area (Å²) < 4.78 is 0. The van der Waals surface area contributed by atoms with Gasteiger partial charge in [0.1, 0.15) is 0 Å². The summed E-state index contributed by atoms with van der Waals surface area (Å²) in [5.74, 6) is 0.533. The number of rotatable bonds is 0. The zero-order valence-electron chi connectivity index (χ0n) is 9.87. The first kappa shape index (κ1) is 11.8. The Kier molecular flexibility index (Phi) is 3.89. The van der Waals surface area contributed by atoms with E-state index in [4.69, 9.17) is 0 Å². The number of carbonyl (C=O) groups is 1. The lowest BCUT2D eigenvalue weighted by Gasteiger charge is -2.28. The number of anilines is 1. The molecular formula is C13H19NO. The Morgan fingerprint density at radius 1 is 1.07 bits per heavy atom. The van der Waals surface area contributed by atoms with Gasteiger partial charge in [0.2, 0.25) is 5.91 Å². The number of hydrogen-bond acceptors (Lipinski definition) is 1. The molecule has 1 heterocycles. The zero-order valence-corrected chi connectivity index (χ0v) is 9.87. The van der Waals surface area contributed by atoms with Gasteiger partial charge in [0.25, 0.3) is 0 Å². The molecule has 2 atom stereocenters. The molecule has 0 saturated carbocycles. The Balaban J connectivity index is 0.000000531. The predicted molar refractivity (Wildman–Crippen MR) is 64.0 cm³/mol. The molecule has 1 N–H and O–H groups in total. The van der Waals surface area contributed by atoms with Crippen LogP contribution in [0, 0.1) is 5.92 Å². The molecule has 15 heavy (non-hydrogen) atoms. The fraction of sp³-hybridized carbons (Fsp3) is 0.462. The highest BCUT2D eigenvalue weighted by Crippen LogP contribution is 2.34. The lowest BCUT2D eigenvalue weighted by Crippen LogP contribution is -2.30. The number of nitrogens with one attached hydrogen (secondary N) is 1. The van der Waals surface area contributed by atoms with Crippen molar-refractivity contribution in [2.75, 3.05) is 5.32 Å². The van der Waals surface area contributed by atoms with Crippen molar-refractivity contribution in [1.82, 2.24) is 0 Å². The van der Waals surface area contributed by atoms with E-state index in [0.717, 1.165) is 5.69 Å². The monoisotopic (exact) mass is 205 g/mol. The fourth-order valence-electron chi connectivity index (χ4n) is 1.75. The molecule has 0 aliphatic carbocycles. The topological polar surface area (TPSA) is 29.1 Å². The van der Waals surface area contributed by atoms with E-state index < -0.39 is 0 Å². The SMILES string of the molecule is CC.CC1C(=O)Nc2ccccc2C1C. The highest BCUT2D eigenvalue weighted by Gasteiger charge is 2.28. The van der Waals surface area contributed by atoms with Crippen molar-refractivity contribution in [3.63, 3.8) is 0 Å². The minimum Gasteiger partial charge on any atom is -0.326 e. The predicted octanol–water partition coefficient (Wildman–Crippen LogP) is 3.40. The van der Waals surface area contributed by atoms with Gasteiger partial charge in [-0.1, -0.05) is 45.9 Å². The summed E-state index contributed by atoms with van der Waals surface area (Å²) in [5, 5.41) is 2.90. The lowest BCUT2D eigenvalue weighted by atomic mass is 9.84. The molecule has 1 aromatic rings. The first-order valence-electron chi connectivity index (χ1n) is 5.60. The zero-order chi connectivity index (χ0) is 11.4. The van der Waals surface area contributed by atoms with E-state index in [-0.39, 0.29) is 11.8 Å². The van der Waals surface area contributed by atoms with Gasteiger partial charge in [-0.2, -0.15) is 0 Å². The van der Waals surface area contributed by atoms with Crippen LogP contribution in [0.2, 0.25) is 0 Å². The van der Waals surface area contributed by atoms with Gasteiger partial charge in [-0.25, -0.2) is 0 Å². The van der Waals surface area contributed by atoms with Crippen LogP contribution < -0.4 is 5.32 Å². The molecule has 0 saturated heterocycles. The van der Waals surface area contributed by atoms with Gasteiger partial charge < -0.3 is 5.32 Å². The van der Waals surface area contributed by atoms with Crippen LogP contribution in [-0.4, -0.2) is 5.91 Å². The standard InChI is InChI=1S/C11H13NO.C2H6/c1-7-8(2)11(13)12-10-6-4-3-5-9(7)10;1-2/h3-8H,1-2H3,(H,12,13);1-2H3. The molecule has 0 bridgehead atoms. The van der Waals surface area contributed by atoms with Crippen LogP contribution in [0.15, 0.2) is 24.3 Å². The van der Waals surface area contributed by atoms with Crippen molar-refractivity contribution in [2.45, 2.75) is 33.6 Å². The van der Waals surface area contributed by atoms with Crippen LogP contribution in [0.25, 0.3) is 0 Å². The number of hydrogen-bond donors (Lipinski definition) is 1. The molecule has 82 valence electrons. The molecule has 1 amide bonds. The van der Waals surface area contributed by atoms with Crippen molar-refractivity contribution < 1.29 is 4.79 Å². The van der Waals surface area contributed by atoms with Crippen LogP contribution in [0.3, 0.4) is 0 Å². The summed E-state index contributed by atoms with van der Waals surface area (Å²) in [6, 6.07) is 7.99. The smallest absolute Gasteiger partial charge is 0.227 e. The van der Waals surface area contributed by atoms with Gasteiger partial charge in [-0.3, -0.25) is 4.79 Å². The van der Waals surface area contributed by atoms with Crippen LogP contribution >= 0.6 is 0 Å². The van der Waals surface area contributed by atoms with Crippen LogP contribution in [0.5, 0.6) is 0 Å². The number of para-hydroxylation sites is 1. The molecule has 2 nitrogen and oxygen atoms in total. The van der Waals surface area contributed by atoms with E-state index in [9.17, 15) is 4.79 Å². The average molecular weight is 205 g/mol. The maximum atomic E-state index is 11.5. The Morgan fingerprint density at radius 3 is 2.33 bits per heavy atom. The van der Waals surface area contributed by atoms with Gasteiger partial charge in [0.05, 0.1) is 0 Å². The number of fused-ring (bicyclic) bond motifs is 1. The van der Waals surface area contributed by atoms with Gasteiger partial charge >= 0.3 is 0 Å². The summed E-state index contributed by atoms with van der Waals surface area (Å²) in [7, 11) is 0. The molecule has 0 radical (unpaired) electrons. The summed E-state index contributed by atoms with van der Waals surface area (Å²) in [4.78, 5) is 11.5. The second-order valence-electron chi connectivity index (χ2n) is 3.65. The van der Waals surface area contributed by atoms with Crippen LogP contribution in [-0.2, 0) is 4.79 Å². The van der Waals surface area contributed by atoms with E-state index >= 15 is 0 Å². The van der Waals surface area contributed by atoms with Crippen molar-refractivity contribution in [1.29, 1.82) is 0 Å². The molecule has 2 heteroatoms. The Labute approximate surface area is 91.7 Å². The quantitative estimate of drug-likeness (QED) is 0.691. The van der Waals surface area contributed by atoms with Gasteiger partial charge in [-0.05, 0) is 17.5 Å². The van der Waals surface area contributed by atoms with E-state index in [0.29, 0.717) is 5.92 Å². The molecule has 1 aliphatic rings. The lowest BCUT2D eigenvalue weighted by molar-refractivity contribution is -0.120. The fourth-order valence-corrected chi connectivity index (χ4v) is 1.75. The molecular weight excluding hydrogens is 186 g/mol. The molecule has 1 aromatic carbocycles. The maximum Gasteiger partial charge on any atom is 0.227 e. The second kappa shape index (κ2) is 4.96. The highest BCUT2D eigenvalue weighted by atomic mass is 16.1. The highest BCUT2D eigenvalue weighted by molar-refractivity contribution is 5.96. The third-order valence-electron chi connectivity index (χ3n) is 2.87. The maximum absolute atomic E-state index is 11.5. The first-order valence-corrected chi connectivity index (χ1v) is 5.60. The van der Waals surface area contributed by atoms with Crippen molar-refractivity contribution in [3.8, 4) is 0 Å². The van der Waals surface area contributed by atoms with Crippen LogP contribution in [0.1, 0.15) is 39.2 Å². The van der Waals surface area contributed by atoms with E-state index in [1.54, 1.807) is 0 Å². The van der Waals surface area contributed by atoms with Crippen LogP contribution in [0.4, 0.5) is 5.69 Å². The molecule has 0 spiro atoms. The summed E-state index contributed by atoms with van der Waals surface area (Å²) in [5.41, 5.74) is 2.22. The Bertz CT molecular complexity index is 346. The third-order valence-corrected chi connectivity index (χ3v) is 2.87. The van der Waals surface area contributed by atoms with E-state index in [2.05, 4.69) is 18.3 Å². The molecule has 2 unspecified atom stereocenters. The van der Waals surface area contributed by atoms with Gasteiger partial charge in [-0.15, -0.1) is 0 Å². The molecule has 2 rings (SSSR count). The van der Waals surface area contributed by atoms with E-state index in [1.165, 1.54) is 5.56 Å². The number of amides is 1. The number of carbonyl (C=O) groups excluding carboxylic acids is 1. The second-order valence-corrected chi connectivity index (χ2v) is 3.65. The van der Waals surface area contributed by atoms with Crippen molar-refractivity contribution in [3.05, 3.63) is 29.8 Å². The minimum atomic E-state index is 0.0786. The largest absolute Gasteiger partial charge is 0.326 e. The Morgan fingerprint density at radius 2 is 1.67 bits per heavy atom. The molecule has 0 fully saturated rings. The molecule has 0 aromatic heterocycles. The summed E-state index contributed by atoms with van der Waals surface area (Å²) >= 11 is 0. The summed E-state index contributed by atoms with van der Waals surface area (Å²) in [6.07, 6.45) is 0. The average Bonchev–Trinajstić information content (AvgIpc) is 2.29. The minimum absolute atomic E-state index is 0.0786. The van der Waals surface area contributed by atoms with Gasteiger partial charge in [0, 0.05) is 11.6 Å².